The van der Waals surface area contributed by atoms with Gasteiger partial charge >= 0.3 is 6.09 Å². The Morgan fingerprint density at radius 2 is 2.00 bits per heavy atom. The zero-order valence-electron chi connectivity index (χ0n) is 11.4. The summed E-state index contributed by atoms with van der Waals surface area (Å²) in [6.45, 7) is 3.62. The molecular formula is C13H14Cl2N2O3S. The Morgan fingerprint density at radius 3 is 2.57 bits per heavy atom. The van der Waals surface area contributed by atoms with Crippen LogP contribution in [0.25, 0.3) is 0 Å². The van der Waals surface area contributed by atoms with E-state index < -0.39 is 11.5 Å². The van der Waals surface area contributed by atoms with E-state index in [0.717, 1.165) is 0 Å². The Labute approximate surface area is 136 Å². The maximum atomic E-state index is 12.3. The van der Waals surface area contributed by atoms with Crippen LogP contribution in [0.1, 0.15) is 13.8 Å². The Bertz CT molecular complexity index is 548. The van der Waals surface area contributed by atoms with Gasteiger partial charge in [0.15, 0.2) is 0 Å². The van der Waals surface area contributed by atoms with Crippen LogP contribution in [0.4, 0.5) is 10.5 Å². The molecule has 1 aliphatic rings. The lowest BCUT2D eigenvalue weighted by Gasteiger charge is -2.17. The van der Waals surface area contributed by atoms with E-state index in [0.29, 0.717) is 21.6 Å². The highest BCUT2D eigenvalue weighted by Gasteiger charge is 2.36. The summed E-state index contributed by atoms with van der Waals surface area (Å²) in [7, 11) is 0. The number of benzene rings is 1. The molecule has 1 unspecified atom stereocenters. The van der Waals surface area contributed by atoms with E-state index in [9.17, 15) is 9.59 Å². The summed E-state index contributed by atoms with van der Waals surface area (Å²) in [5.41, 5.74) is -0.276. The third-order valence-electron chi connectivity index (χ3n) is 2.60. The summed E-state index contributed by atoms with van der Waals surface area (Å²) in [4.78, 5) is 25.3. The highest BCUT2D eigenvalue weighted by atomic mass is 35.5. The summed E-state index contributed by atoms with van der Waals surface area (Å²) in [6.07, 6.45) is -0.609. The van der Waals surface area contributed by atoms with Gasteiger partial charge in [-0.1, -0.05) is 35.0 Å². The van der Waals surface area contributed by atoms with Crippen LogP contribution in [0.15, 0.2) is 18.2 Å². The molecule has 8 heteroatoms. The molecule has 0 spiro atoms. The number of carbonyl (C=O) groups excluding carboxylic acids is 2. The van der Waals surface area contributed by atoms with Gasteiger partial charge in [0.25, 0.3) is 5.91 Å². The normalized spacial score (nSPS) is 18.2. The molecule has 1 saturated heterocycles. The van der Waals surface area contributed by atoms with Crippen LogP contribution in [-0.4, -0.2) is 29.4 Å². The number of hydrogen-bond donors (Lipinski definition) is 1. The summed E-state index contributed by atoms with van der Waals surface area (Å²) >= 11 is 13.1. The Hall–Kier alpha value is -1.11. The van der Waals surface area contributed by atoms with Gasteiger partial charge in [-0.15, -0.1) is 0 Å². The van der Waals surface area contributed by atoms with Crippen LogP contribution >= 0.6 is 35.0 Å². The molecule has 1 N–H and O–H groups in total. The summed E-state index contributed by atoms with van der Waals surface area (Å²) in [5, 5.41) is 3.46. The molecule has 2 amide bonds. The maximum absolute atomic E-state index is 12.3. The van der Waals surface area contributed by atoms with E-state index >= 15 is 0 Å². The maximum Gasteiger partial charge on any atom is 0.408 e. The first-order valence-corrected chi connectivity index (χ1v) is 8.03. The SMILES string of the molecule is CC(C)NC(=O)OC1SCN(c2cc(Cl)cc(Cl)c2)C1=O. The van der Waals surface area contributed by atoms with Gasteiger partial charge in [-0.05, 0) is 32.0 Å². The number of amides is 2. The average molecular weight is 349 g/mol. The van der Waals surface area contributed by atoms with E-state index in [1.54, 1.807) is 18.2 Å². The predicted octanol–water partition coefficient (Wildman–Crippen LogP) is 3.49. The monoisotopic (exact) mass is 348 g/mol. The molecule has 21 heavy (non-hydrogen) atoms. The quantitative estimate of drug-likeness (QED) is 0.908. The van der Waals surface area contributed by atoms with Gasteiger partial charge in [-0.25, -0.2) is 4.79 Å². The fourth-order valence-electron chi connectivity index (χ4n) is 1.75. The van der Waals surface area contributed by atoms with Crippen LogP contribution in [0.3, 0.4) is 0 Å². The minimum atomic E-state index is -0.860. The molecule has 1 aromatic carbocycles. The Morgan fingerprint density at radius 1 is 1.38 bits per heavy atom. The molecule has 1 atom stereocenters. The highest BCUT2D eigenvalue weighted by molar-refractivity contribution is 8.01. The molecule has 1 heterocycles. The fourth-order valence-corrected chi connectivity index (χ4v) is 3.25. The first-order chi connectivity index (χ1) is 9.86. The number of rotatable bonds is 3. The molecule has 2 rings (SSSR count). The first-order valence-electron chi connectivity index (χ1n) is 6.23. The minimum absolute atomic E-state index is 0.0538. The van der Waals surface area contributed by atoms with Crippen LogP contribution in [0.2, 0.25) is 10.0 Å². The number of alkyl carbamates (subject to hydrolysis) is 1. The second-order valence-corrected chi connectivity index (χ2v) is 6.62. The van der Waals surface area contributed by atoms with E-state index in [4.69, 9.17) is 27.9 Å². The number of nitrogens with one attached hydrogen (secondary N) is 1. The van der Waals surface area contributed by atoms with Crippen molar-refractivity contribution in [3.05, 3.63) is 28.2 Å². The lowest BCUT2D eigenvalue weighted by atomic mass is 10.3. The molecule has 114 valence electrons. The summed E-state index contributed by atoms with van der Waals surface area (Å²) in [6, 6.07) is 4.82. The standard InChI is InChI=1S/C13H14Cl2N2O3S/c1-7(2)16-13(19)20-12-11(18)17(6-21-12)10-4-8(14)3-9(15)5-10/h3-5,7,12H,6H2,1-2H3,(H,16,19). The fraction of sp³-hybridized carbons (Fsp3) is 0.385. The molecule has 0 radical (unpaired) electrons. The average Bonchev–Trinajstić information content (AvgIpc) is 2.68. The van der Waals surface area contributed by atoms with Gasteiger partial charge in [-0.3, -0.25) is 9.69 Å². The molecule has 1 fully saturated rings. The molecule has 0 aromatic heterocycles. The van der Waals surface area contributed by atoms with Gasteiger partial charge in [0.1, 0.15) is 0 Å². The third kappa shape index (κ3) is 4.18. The number of hydrogen-bond acceptors (Lipinski definition) is 4. The van der Waals surface area contributed by atoms with E-state index in [-0.39, 0.29) is 11.9 Å². The second kappa shape index (κ2) is 6.77. The van der Waals surface area contributed by atoms with Gasteiger partial charge in [-0.2, -0.15) is 0 Å². The number of carbonyl (C=O) groups is 2. The predicted molar refractivity (Wildman–Crippen MR) is 84.9 cm³/mol. The third-order valence-corrected chi connectivity index (χ3v) is 4.05. The van der Waals surface area contributed by atoms with Crippen molar-refractivity contribution in [3.8, 4) is 0 Å². The van der Waals surface area contributed by atoms with Crippen molar-refractivity contribution in [1.29, 1.82) is 0 Å². The van der Waals surface area contributed by atoms with E-state index in [1.165, 1.54) is 16.7 Å². The molecule has 0 saturated carbocycles. The molecule has 1 aromatic rings. The number of halogens is 2. The zero-order valence-corrected chi connectivity index (χ0v) is 13.8. The lowest BCUT2D eigenvalue weighted by Crippen LogP contribution is -2.37. The largest absolute Gasteiger partial charge is 0.425 e. The van der Waals surface area contributed by atoms with Crippen molar-refractivity contribution in [2.75, 3.05) is 10.8 Å². The van der Waals surface area contributed by atoms with Crippen molar-refractivity contribution >= 4 is 52.7 Å². The molecule has 0 aliphatic carbocycles. The smallest absolute Gasteiger partial charge is 0.408 e. The van der Waals surface area contributed by atoms with Crippen molar-refractivity contribution in [1.82, 2.24) is 5.32 Å². The number of thioether (sulfide) groups is 1. The van der Waals surface area contributed by atoms with Crippen molar-refractivity contribution in [3.63, 3.8) is 0 Å². The molecule has 1 aliphatic heterocycles. The first kappa shape index (κ1) is 16.3. The summed E-state index contributed by atoms with van der Waals surface area (Å²) in [5.74, 6) is 0.0621. The van der Waals surface area contributed by atoms with Gasteiger partial charge in [0.05, 0.1) is 5.88 Å². The van der Waals surface area contributed by atoms with Crippen LogP contribution in [0, 0.1) is 0 Å². The van der Waals surface area contributed by atoms with E-state index in [1.807, 2.05) is 13.8 Å². The highest BCUT2D eigenvalue weighted by Crippen LogP contribution is 2.33. The lowest BCUT2D eigenvalue weighted by molar-refractivity contribution is -0.122. The summed E-state index contributed by atoms with van der Waals surface area (Å²) < 4.78 is 5.10. The molecule has 0 bridgehead atoms. The number of anilines is 1. The van der Waals surface area contributed by atoms with Crippen LogP contribution < -0.4 is 10.2 Å². The minimum Gasteiger partial charge on any atom is -0.425 e. The Balaban J connectivity index is 2.06. The van der Waals surface area contributed by atoms with Crippen molar-refractivity contribution in [2.45, 2.75) is 25.3 Å². The van der Waals surface area contributed by atoms with Gasteiger partial charge in [0, 0.05) is 21.8 Å². The van der Waals surface area contributed by atoms with Crippen molar-refractivity contribution in [2.24, 2.45) is 0 Å². The van der Waals surface area contributed by atoms with Crippen LogP contribution in [0.5, 0.6) is 0 Å². The number of ether oxygens (including phenoxy) is 1. The second-order valence-electron chi connectivity index (χ2n) is 4.73. The number of nitrogens with zero attached hydrogens (tertiary/aromatic N) is 1. The van der Waals surface area contributed by atoms with Crippen LogP contribution in [-0.2, 0) is 9.53 Å². The topological polar surface area (TPSA) is 58.6 Å². The van der Waals surface area contributed by atoms with Gasteiger partial charge < -0.3 is 10.1 Å². The molecule has 5 nitrogen and oxygen atoms in total. The Kier molecular flexibility index (Phi) is 5.24. The molecular weight excluding hydrogens is 335 g/mol. The van der Waals surface area contributed by atoms with E-state index in [2.05, 4.69) is 5.32 Å². The van der Waals surface area contributed by atoms with Gasteiger partial charge in [0.2, 0.25) is 5.44 Å². The van der Waals surface area contributed by atoms with Crippen molar-refractivity contribution < 1.29 is 14.3 Å². The zero-order chi connectivity index (χ0) is 15.6.